The summed E-state index contributed by atoms with van der Waals surface area (Å²) < 4.78 is 10.8. The molecule has 152 valence electrons. The molecule has 0 bridgehead atoms. The number of aliphatic hydroxyl groups excluding tert-OH is 1. The van der Waals surface area contributed by atoms with Crippen LogP contribution in [0.5, 0.6) is 11.5 Å². The minimum atomic E-state index is -0.669. The molecule has 0 saturated carbocycles. The summed E-state index contributed by atoms with van der Waals surface area (Å²) in [5.41, 5.74) is 2.34. The highest BCUT2D eigenvalue weighted by molar-refractivity contribution is 5.79. The Balaban J connectivity index is 1.76. The largest absolute Gasteiger partial charge is 0.497 e. The van der Waals surface area contributed by atoms with E-state index in [4.69, 9.17) is 9.47 Å². The van der Waals surface area contributed by atoms with E-state index in [1.54, 1.807) is 7.11 Å². The van der Waals surface area contributed by atoms with E-state index in [1.165, 1.54) is 5.56 Å². The van der Waals surface area contributed by atoms with E-state index in [9.17, 15) is 5.11 Å². The fourth-order valence-corrected chi connectivity index (χ4v) is 2.61. The van der Waals surface area contributed by atoms with Crippen LogP contribution in [0.25, 0.3) is 0 Å². The van der Waals surface area contributed by atoms with Crippen molar-refractivity contribution in [1.29, 1.82) is 0 Å². The molecule has 3 N–H and O–H groups in total. The van der Waals surface area contributed by atoms with Crippen molar-refractivity contribution < 1.29 is 14.6 Å². The number of rotatable bonds is 10. The number of nitrogens with one attached hydrogen (secondary N) is 2. The molecule has 28 heavy (non-hydrogen) atoms. The van der Waals surface area contributed by atoms with Gasteiger partial charge in [-0.15, -0.1) is 0 Å². The molecular formula is C22H31N3O3. The molecule has 1 atom stereocenters. The second-order valence-corrected chi connectivity index (χ2v) is 6.53. The number of aliphatic imine (C=N–C) groups is 1. The lowest BCUT2D eigenvalue weighted by atomic mass is 10.1. The van der Waals surface area contributed by atoms with Crippen LogP contribution in [0.15, 0.2) is 53.5 Å². The number of ether oxygens (including phenoxy) is 2. The van der Waals surface area contributed by atoms with Gasteiger partial charge < -0.3 is 25.2 Å². The molecule has 2 rings (SSSR count). The Morgan fingerprint density at radius 2 is 1.89 bits per heavy atom. The zero-order valence-corrected chi connectivity index (χ0v) is 16.9. The summed E-state index contributed by atoms with van der Waals surface area (Å²) in [6.45, 7) is 5.99. The van der Waals surface area contributed by atoms with Gasteiger partial charge in [-0.2, -0.15) is 0 Å². The van der Waals surface area contributed by atoms with Gasteiger partial charge in [0, 0.05) is 13.1 Å². The molecular weight excluding hydrogens is 354 g/mol. The first-order valence-corrected chi connectivity index (χ1v) is 9.63. The minimum Gasteiger partial charge on any atom is -0.497 e. The molecule has 0 fully saturated rings. The van der Waals surface area contributed by atoms with Crippen LogP contribution in [0.4, 0.5) is 0 Å². The fourth-order valence-electron chi connectivity index (χ4n) is 2.61. The summed E-state index contributed by atoms with van der Waals surface area (Å²) in [6.07, 6.45) is 0.200. The molecule has 2 aromatic rings. The van der Waals surface area contributed by atoms with E-state index < -0.39 is 6.10 Å². The molecule has 1 unspecified atom stereocenters. The predicted molar refractivity (Wildman–Crippen MR) is 113 cm³/mol. The SMILES string of the molecule is CCNC(=NCC(O)COc1cccc(C)c1)NCCc1ccc(OC)cc1. The number of benzene rings is 2. The van der Waals surface area contributed by atoms with E-state index in [0.29, 0.717) is 5.96 Å². The molecule has 0 amide bonds. The molecule has 6 heteroatoms. The van der Waals surface area contributed by atoms with Gasteiger partial charge in [-0.25, -0.2) is 0 Å². The van der Waals surface area contributed by atoms with Crippen molar-refractivity contribution in [3.63, 3.8) is 0 Å². The zero-order chi connectivity index (χ0) is 20.2. The van der Waals surface area contributed by atoms with E-state index in [1.807, 2.05) is 50.2 Å². The summed E-state index contributed by atoms with van der Waals surface area (Å²) in [4.78, 5) is 4.45. The Morgan fingerprint density at radius 3 is 2.57 bits per heavy atom. The minimum absolute atomic E-state index is 0.207. The monoisotopic (exact) mass is 385 g/mol. The highest BCUT2D eigenvalue weighted by atomic mass is 16.5. The number of nitrogens with zero attached hydrogens (tertiary/aromatic N) is 1. The van der Waals surface area contributed by atoms with Gasteiger partial charge >= 0.3 is 0 Å². The third-order valence-electron chi connectivity index (χ3n) is 4.10. The third-order valence-corrected chi connectivity index (χ3v) is 4.10. The standard InChI is InChI=1S/C22H31N3O3/c1-4-23-22(24-13-12-18-8-10-20(27-3)11-9-18)25-15-19(26)16-28-21-7-5-6-17(2)14-21/h5-11,14,19,26H,4,12-13,15-16H2,1-3H3,(H2,23,24,25). The van der Waals surface area contributed by atoms with Crippen molar-refractivity contribution in [1.82, 2.24) is 10.6 Å². The number of aryl methyl sites for hydroxylation is 1. The fraction of sp³-hybridized carbons (Fsp3) is 0.409. The number of hydrogen-bond acceptors (Lipinski definition) is 4. The first kappa shape index (κ1) is 21.6. The Kier molecular flexibility index (Phi) is 9.15. The van der Waals surface area contributed by atoms with Crippen LogP contribution < -0.4 is 20.1 Å². The number of hydrogen-bond donors (Lipinski definition) is 3. The van der Waals surface area contributed by atoms with E-state index >= 15 is 0 Å². The third kappa shape index (κ3) is 7.88. The Bertz CT molecular complexity index is 732. The lowest BCUT2D eigenvalue weighted by Gasteiger charge is -2.14. The first-order chi connectivity index (χ1) is 13.6. The average Bonchev–Trinajstić information content (AvgIpc) is 2.71. The highest BCUT2D eigenvalue weighted by Crippen LogP contribution is 2.13. The Labute approximate surface area is 167 Å². The van der Waals surface area contributed by atoms with Crippen molar-refractivity contribution in [2.75, 3.05) is 33.4 Å². The van der Waals surface area contributed by atoms with Crippen molar-refractivity contribution in [3.05, 3.63) is 59.7 Å². The van der Waals surface area contributed by atoms with Crippen LogP contribution >= 0.6 is 0 Å². The topological polar surface area (TPSA) is 75.1 Å². The summed E-state index contributed by atoms with van der Waals surface area (Å²) in [7, 11) is 1.66. The van der Waals surface area contributed by atoms with Gasteiger partial charge in [0.15, 0.2) is 5.96 Å². The van der Waals surface area contributed by atoms with Gasteiger partial charge in [0.1, 0.15) is 24.2 Å². The van der Waals surface area contributed by atoms with Gasteiger partial charge in [0.25, 0.3) is 0 Å². The summed E-state index contributed by atoms with van der Waals surface area (Å²) in [5.74, 6) is 2.30. The maximum atomic E-state index is 10.2. The van der Waals surface area contributed by atoms with Gasteiger partial charge in [0.05, 0.1) is 13.7 Å². The van der Waals surface area contributed by atoms with Crippen LogP contribution in [0.2, 0.25) is 0 Å². The first-order valence-electron chi connectivity index (χ1n) is 9.63. The Hall–Kier alpha value is -2.73. The smallest absolute Gasteiger partial charge is 0.191 e. The van der Waals surface area contributed by atoms with Crippen molar-refractivity contribution in [2.45, 2.75) is 26.4 Å². The van der Waals surface area contributed by atoms with Crippen molar-refractivity contribution >= 4 is 5.96 Å². The predicted octanol–water partition coefficient (Wildman–Crippen LogP) is 2.54. The maximum absolute atomic E-state index is 10.2. The Morgan fingerprint density at radius 1 is 1.11 bits per heavy atom. The second-order valence-electron chi connectivity index (χ2n) is 6.53. The molecule has 0 aliphatic heterocycles. The summed E-state index contributed by atoms with van der Waals surface area (Å²) >= 11 is 0. The lowest BCUT2D eigenvalue weighted by Crippen LogP contribution is -2.39. The number of aliphatic hydroxyl groups is 1. The normalized spacial score (nSPS) is 12.4. The molecule has 0 aliphatic rings. The number of methoxy groups -OCH3 is 1. The van der Waals surface area contributed by atoms with Crippen LogP contribution in [-0.2, 0) is 6.42 Å². The summed E-state index contributed by atoms with van der Waals surface area (Å²) in [5, 5.41) is 16.6. The van der Waals surface area contributed by atoms with Gasteiger partial charge in [-0.1, -0.05) is 24.3 Å². The quantitative estimate of drug-likeness (QED) is 0.433. The van der Waals surface area contributed by atoms with E-state index in [0.717, 1.165) is 36.6 Å². The molecule has 0 aliphatic carbocycles. The molecule has 2 aromatic carbocycles. The molecule has 6 nitrogen and oxygen atoms in total. The van der Waals surface area contributed by atoms with Crippen LogP contribution in [0.3, 0.4) is 0 Å². The van der Waals surface area contributed by atoms with Crippen LogP contribution in [-0.4, -0.2) is 50.5 Å². The molecule has 0 radical (unpaired) electrons. The van der Waals surface area contributed by atoms with Crippen LogP contribution in [0, 0.1) is 6.92 Å². The molecule has 0 spiro atoms. The van der Waals surface area contributed by atoms with Gasteiger partial charge in [0.2, 0.25) is 0 Å². The average molecular weight is 386 g/mol. The van der Waals surface area contributed by atoms with Crippen LogP contribution in [0.1, 0.15) is 18.1 Å². The number of guanidine groups is 1. The molecule has 0 aromatic heterocycles. The lowest BCUT2D eigenvalue weighted by molar-refractivity contribution is 0.114. The zero-order valence-electron chi connectivity index (χ0n) is 16.9. The van der Waals surface area contributed by atoms with Gasteiger partial charge in [-0.05, 0) is 55.7 Å². The molecule has 0 saturated heterocycles. The highest BCUT2D eigenvalue weighted by Gasteiger charge is 2.06. The van der Waals surface area contributed by atoms with Crippen molar-refractivity contribution in [3.8, 4) is 11.5 Å². The van der Waals surface area contributed by atoms with E-state index in [2.05, 4.69) is 27.8 Å². The maximum Gasteiger partial charge on any atom is 0.191 e. The second kappa shape index (κ2) is 11.9. The summed E-state index contributed by atoms with van der Waals surface area (Å²) in [6, 6.07) is 15.8. The molecule has 0 heterocycles. The van der Waals surface area contributed by atoms with Crippen molar-refractivity contribution in [2.24, 2.45) is 4.99 Å². The van der Waals surface area contributed by atoms with E-state index in [-0.39, 0.29) is 13.2 Å². The van der Waals surface area contributed by atoms with Gasteiger partial charge in [-0.3, -0.25) is 4.99 Å².